The van der Waals surface area contributed by atoms with E-state index in [1.54, 1.807) is 12.3 Å². The van der Waals surface area contributed by atoms with Crippen LogP contribution >= 0.6 is 34.2 Å². The van der Waals surface area contributed by atoms with Crippen molar-refractivity contribution >= 4 is 45.1 Å². The lowest BCUT2D eigenvalue weighted by Gasteiger charge is -2.01. The number of hydrogen-bond donors (Lipinski definition) is 0. The molecule has 1 aromatic heterocycles. The Labute approximate surface area is 93.1 Å². The van der Waals surface area contributed by atoms with Crippen molar-refractivity contribution in [1.82, 2.24) is 4.98 Å². The Morgan fingerprint density at radius 2 is 2.15 bits per heavy atom. The molecule has 0 saturated heterocycles. The first kappa shape index (κ1) is 9.15. The monoisotopic (exact) mass is 307 g/mol. The molecule has 66 valence electrons. The van der Waals surface area contributed by atoms with E-state index in [2.05, 4.69) is 4.98 Å². The Hall–Kier alpha value is -0.420. The molecule has 0 fully saturated rings. The zero-order valence-electron chi connectivity index (χ0n) is 6.39. The molecule has 0 aliphatic rings. The molecule has 0 unspecified atom stereocenters. The average Bonchev–Trinajstić information content (AvgIpc) is 2.07. The lowest BCUT2D eigenvalue weighted by atomic mass is 10.2. The number of fused-ring (bicyclic) bond motifs is 1. The van der Waals surface area contributed by atoms with Gasteiger partial charge in [-0.25, -0.2) is 4.39 Å². The van der Waals surface area contributed by atoms with E-state index in [4.69, 9.17) is 11.6 Å². The van der Waals surface area contributed by atoms with Gasteiger partial charge in [-0.2, -0.15) is 0 Å². The van der Waals surface area contributed by atoms with Crippen LogP contribution in [0.1, 0.15) is 0 Å². The molecule has 13 heavy (non-hydrogen) atoms. The normalized spacial score (nSPS) is 10.7. The summed E-state index contributed by atoms with van der Waals surface area (Å²) in [6.07, 6.45) is 1.62. The van der Waals surface area contributed by atoms with Gasteiger partial charge in [0.15, 0.2) is 0 Å². The van der Waals surface area contributed by atoms with Gasteiger partial charge < -0.3 is 0 Å². The number of aromatic nitrogens is 1. The van der Waals surface area contributed by atoms with Crippen LogP contribution in [0.2, 0.25) is 5.02 Å². The van der Waals surface area contributed by atoms with E-state index < -0.39 is 0 Å². The maximum absolute atomic E-state index is 13.0. The first-order valence-electron chi connectivity index (χ1n) is 3.58. The third kappa shape index (κ3) is 1.62. The van der Waals surface area contributed by atoms with Crippen LogP contribution in [-0.2, 0) is 0 Å². The first-order chi connectivity index (χ1) is 6.18. The van der Waals surface area contributed by atoms with Crippen LogP contribution in [0.15, 0.2) is 24.4 Å². The molecule has 0 spiro atoms. The van der Waals surface area contributed by atoms with Gasteiger partial charge in [0.25, 0.3) is 0 Å². The summed E-state index contributed by atoms with van der Waals surface area (Å²) < 4.78 is 13.8. The molecule has 0 atom stereocenters. The molecule has 4 heteroatoms. The minimum Gasteiger partial charge on any atom is -0.255 e. The second kappa shape index (κ2) is 3.38. The zero-order valence-corrected chi connectivity index (χ0v) is 9.30. The maximum Gasteiger partial charge on any atom is 0.125 e. The van der Waals surface area contributed by atoms with Crippen LogP contribution < -0.4 is 0 Å². The Morgan fingerprint density at radius 3 is 2.92 bits per heavy atom. The average molecular weight is 307 g/mol. The fourth-order valence-electron chi connectivity index (χ4n) is 1.15. The maximum atomic E-state index is 13.0. The molecule has 1 heterocycles. The molecule has 2 aromatic rings. The van der Waals surface area contributed by atoms with Crippen LogP contribution in [0, 0.1) is 9.39 Å². The summed E-state index contributed by atoms with van der Waals surface area (Å²) >= 11 is 7.93. The minimum atomic E-state index is -0.285. The van der Waals surface area contributed by atoms with Crippen LogP contribution in [0.4, 0.5) is 4.39 Å². The van der Waals surface area contributed by atoms with Crippen LogP contribution in [0.3, 0.4) is 0 Å². The molecule has 0 radical (unpaired) electrons. The molecular formula is C9H4ClFIN. The SMILES string of the molecule is Fc1cc(I)c2nccc(Cl)c2c1. The van der Waals surface area contributed by atoms with Crippen molar-refractivity contribution in [2.75, 3.05) is 0 Å². The van der Waals surface area contributed by atoms with Crippen molar-refractivity contribution in [3.8, 4) is 0 Å². The fourth-order valence-corrected chi connectivity index (χ4v) is 2.07. The van der Waals surface area contributed by atoms with Crippen LogP contribution in [0.25, 0.3) is 10.9 Å². The second-order valence-corrected chi connectivity index (χ2v) is 4.15. The zero-order chi connectivity index (χ0) is 9.42. The molecule has 2 rings (SSSR count). The molecule has 0 N–H and O–H groups in total. The van der Waals surface area contributed by atoms with E-state index in [0.717, 1.165) is 9.09 Å². The highest BCUT2D eigenvalue weighted by Gasteiger charge is 2.05. The summed E-state index contributed by atoms with van der Waals surface area (Å²) in [6.45, 7) is 0. The molecule has 0 saturated carbocycles. The van der Waals surface area contributed by atoms with Crippen LogP contribution in [0.5, 0.6) is 0 Å². The van der Waals surface area contributed by atoms with Gasteiger partial charge in [-0.3, -0.25) is 4.98 Å². The summed E-state index contributed by atoms with van der Waals surface area (Å²) in [5.74, 6) is -0.285. The molecule has 0 amide bonds. The third-order valence-corrected chi connectivity index (χ3v) is 2.86. The molecule has 0 aliphatic heterocycles. The van der Waals surface area contributed by atoms with Gasteiger partial charge in [0, 0.05) is 15.2 Å². The van der Waals surface area contributed by atoms with Gasteiger partial charge >= 0.3 is 0 Å². The van der Waals surface area contributed by atoms with Crippen molar-refractivity contribution in [1.29, 1.82) is 0 Å². The predicted molar refractivity (Wildman–Crippen MR) is 59.4 cm³/mol. The Bertz CT molecular complexity index is 472. The van der Waals surface area contributed by atoms with Gasteiger partial charge in [-0.1, -0.05) is 11.6 Å². The minimum absolute atomic E-state index is 0.285. The Kier molecular flexibility index (Phi) is 2.38. The van der Waals surface area contributed by atoms with Crippen molar-refractivity contribution in [2.45, 2.75) is 0 Å². The third-order valence-electron chi connectivity index (χ3n) is 1.71. The summed E-state index contributed by atoms with van der Waals surface area (Å²) in [6, 6.07) is 4.48. The van der Waals surface area contributed by atoms with Crippen molar-refractivity contribution in [3.05, 3.63) is 38.8 Å². The van der Waals surface area contributed by atoms with E-state index >= 15 is 0 Å². The lowest BCUT2D eigenvalue weighted by molar-refractivity contribution is 0.628. The molecule has 0 bridgehead atoms. The predicted octanol–water partition coefficient (Wildman–Crippen LogP) is 3.63. The molecule has 0 aliphatic carbocycles. The van der Waals surface area contributed by atoms with E-state index in [1.165, 1.54) is 12.1 Å². The molecular weight excluding hydrogens is 303 g/mol. The number of pyridine rings is 1. The largest absolute Gasteiger partial charge is 0.255 e. The van der Waals surface area contributed by atoms with E-state index in [9.17, 15) is 4.39 Å². The number of hydrogen-bond acceptors (Lipinski definition) is 1. The molecule has 1 aromatic carbocycles. The lowest BCUT2D eigenvalue weighted by Crippen LogP contribution is -1.85. The number of rotatable bonds is 0. The van der Waals surface area contributed by atoms with Gasteiger partial charge in [0.1, 0.15) is 5.82 Å². The number of halogens is 3. The topological polar surface area (TPSA) is 12.9 Å². The number of benzene rings is 1. The van der Waals surface area contributed by atoms with Gasteiger partial charge in [0.2, 0.25) is 0 Å². The van der Waals surface area contributed by atoms with E-state index in [-0.39, 0.29) is 5.82 Å². The summed E-state index contributed by atoms with van der Waals surface area (Å²) in [7, 11) is 0. The van der Waals surface area contributed by atoms with Gasteiger partial charge in [-0.15, -0.1) is 0 Å². The molecule has 1 nitrogen and oxygen atoms in total. The van der Waals surface area contributed by atoms with Crippen molar-refractivity contribution in [3.63, 3.8) is 0 Å². The highest BCUT2D eigenvalue weighted by atomic mass is 127. The summed E-state index contributed by atoms with van der Waals surface area (Å²) in [5.41, 5.74) is 0.745. The number of nitrogens with zero attached hydrogens (tertiary/aromatic N) is 1. The highest BCUT2D eigenvalue weighted by Crippen LogP contribution is 2.25. The van der Waals surface area contributed by atoms with Crippen molar-refractivity contribution < 1.29 is 4.39 Å². The Morgan fingerprint density at radius 1 is 1.38 bits per heavy atom. The van der Waals surface area contributed by atoms with Gasteiger partial charge in [0.05, 0.1) is 10.5 Å². The van der Waals surface area contributed by atoms with Crippen LogP contribution in [-0.4, -0.2) is 4.98 Å². The summed E-state index contributed by atoms with van der Waals surface area (Å²) in [5, 5.41) is 1.19. The Balaban J connectivity index is 2.94. The van der Waals surface area contributed by atoms with Crippen molar-refractivity contribution in [2.24, 2.45) is 0 Å². The standard InChI is InChI=1S/C9H4ClFIN/c10-7-1-2-13-9-6(7)3-5(11)4-8(9)12/h1-4H. The summed E-state index contributed by atoms with van der Waals surface area (Å²) in [4.78, 5) is 4.12. The quantitative estimate of drug-likeness (QED) is 0.677. The van der Waals surface area contributed by atoms with Gasteiger partial charge in [-0.05, 0) is 40.8 Å². The van der Waals surface area contributed by atoms with E-state index in [1.807, 2.05) is 22.6 Å². The fraction of sp³-hybridized carbons (Fsp3) is 0. The second-order valence-electron chi connectivity index (χ2n) is 2.58. The highest BCUT2D eigenvalue weighted by molar-refractivity contribution is 14.1. The first-order valence-corrected chi connectivity index (χ1v) is 5.03. The van der Waals surface area contributed by atoms with E-state index in [0.29, 0.717) is 10.4 Å². The smallest absolute Gasteiger partial charge is 0.125 e.